The van der Waals surface area contributed by atoms with E-state index in [1.54, 1.807) is 18.2 Å². The van der Waals surface area contributed by atoms with Gasteiger partial charge in [0.2, 0.25) is 5.91 Å². The molecule has 0 aromatic heterocycles. The molecular weight excluding hydrogens is 491 g/mol. The monoisotopic (exact) mass is 508 g/mol. The highest BCUT2D eigenvalue weighted by molar-refractivity contribution is 14.1. The van der Waals surface area contributed by atoms with Crippen LogP contribution in [0, 0.1) is 17.4 Å². The molecule has 3 amide bonds. The number of hydrogen-bond donors (Lipinski definition) is 2. The molecule has 0 spiro atoms. The van der Waals surface area contributed by atoms with Crippen molar-refractivity contribution in [2.75, 3.05) is 11.9 Å². The number of anilines is 1. The van der Waals surface area contributed by atoms with E-state index in [4.69, 9.17) is 0 Å². The number of amides is 3. The van der Waals surface area contributed by atoms with Crippen molar-refractivity contribution in [3.05, 3.63) is 61.6 Å². The minimum Gasteiger partial charge on any atom is -0.507 e. The highest BCUT2D eigenvalue weighted by Gasteiger charge is 2.36. The minimum atomic E-state index is -0.506. The van der Waals surface area contributed by atoms with Gasteiger partial charge >= 0.3 is 0 Å². The lowest BCUT2D eigenvalue weighted by atomic mass is 10.1. The summed E-state index contributed by atoms with van der Waals surface area (Å²) in [5, 5.41) is 11.8. The van der Waals surface area contributed by atoms with Crippen LogP contribution in [0.15, 0.2) is 41.3 Å². The van der Waals surface area contributed by atoms with E-state index >= 15 is 0 Å². The number of nitrogens with zero attached hydrogens (tertiary/aromatic N) is 1. The van der Waals surface area contributed by atoms with Crippen molar-refractivity contribution in [1.82, 2.24) is 4.90 Å². The number of phenols is 1. The van der Waals surface area contributed by atoms with Crippen molar-refractivity contribution in [3.63, 3.8) is 0 Å². The summed E-state index contributed by atoms with van der Waals surface area (Å²) in [5.74, 6) is -0.796. The number of carbonyl (C=O) groups excluding carboxylic acids is 3. The first-order chi connectivity index (χ1) is 13.2. The van der Waals surface area contributed by atoms with Gasteiger partial charge in [0, 0.05) is 5.69 Å². The Balaban J connectivity index is 1.71. The minimum absolute atomic E-state index is 0.147. The third-order valence-electron chi connectivity index (χ3n) is 3.95. The van der Waals surface area contributed by atoms with Gasteiger partial charge < -0.3 is 10.4 Å². The van der Waals surface area contributed by atoms with Crippen molar-refractivity contribution in [2.24, 2.45) is 0 Å². The standard InChI is InChI=1S/C20H17IN2O4S/c1-11-5-12(2)7-14(6-11)22-18(25)10-23-19(26)17(28-20(23)27)9-13-3-4-16(24)15(21)8-13/h3-9,24H,10H2,1-2H3,(H,22,25)/b17-9-. The molecule has 0 unspecified atom stereocenters. The van der Waals surface area contributed by atoms with Gasteiger partial charge in [-0.25, -0.2) is 0 Å². The van der Waals surface area contributed by atoms with E-state index < -0.39 is 17.1 Å². The Morgan fingerprint density at radius 3 is 2.50 bits per heavy atom. The van der Waals surface area contributed by atoms with E-state index in [9.17, 15) is 19.5 Å². The van der Waals surface area contributed by atoms with E-state index in [1.165, 1.54) is 6.07 Å². The summed E-state index contributed by atoms with van der Waals surface area (Å²) < 4.78 is 0.637. The van der Waals surface area contributed by atoms with Crippen molar-refractivity contribution >= 4 is 63.2 Å². The molecule has 144 valence electrons. The topological polar surface area (TPSA) is 86.7 Å². The quantitative estimate of drug-likeness (QED) is 0.476. The Hall–Kier alpha value is -2.33. The predicted octanol–water partition coefficient (Wildman–Crippen LogP) is 4.29. The zero-order chi connectivity index (χ0) is 20.4. The Bertz CT molecular complexity index is 999. The first-order valence-electron chi connectivity index (χ1n) is 8.35. The molecule has 0 aliphatic carbocycles. The smallest absolute Gasteiger partial charge is 0.294 e. The number of rotatable bonds is 4. The van der Waals surface area contributed by atoms with Crippen molar-refractivity contribution in [3.8, 4) is 5.75 Å². The average Bonchev–Trinajstić information content (AvgIpc) is 2.84. The summed E-state index contributed by atoms with van der Waals surface area (Å²) >= 11 is 2.77. The van der Waals surface area contributed by atoms with Crippen LogP contribution in [0.5, 0.6) is 5.75 Å². The number of aryl methyl sites for hydroxylation is 2. The molecule has 8 heteroatoms. The maximum atomic E-state index is 12.6. The first-order valence-corrected chi connectivity index (χ1v) is 10.2. The lowest BCUT2D eigenvalue weighted by Crippen LogP contribution is -2.36. The summed E-state index contributed by atoms with van der Waals surface area (Å²) in [6, 6.07) is 10.5. The predicted molar refractivity (Wildman–Crippen MR) is 118 cm³/mol. The van der Waals surface area contributed by atoms with Gasteiger partial charge in [-0.2, -0.15) is 0 Å². The number of nitrogens with one attached hydrogen (secondary N) is 1. The molecule has 0 radical (unpaired) electrons. The second-order valence-corrected chi connectivity index (χ2v) is 8.56. The van der Waals surface area contributed by atoms with E-state index in [1.807, 2.05) is 54.6 Å². The van der Waals surface area contributed by atoms with Crippen LogP contribution in [0.1, 0.15) is 16.7 Å². The van der Waals surface area contributed by atoms with Gasteiger partial charge in [-0.05, 0) is 95.2 Å². The van der Waals surface area contributed by atoms with Crippen LogP contribution in [-0.2, 0) is 9.59 Å². The van der Waals surface area contributed by atoms with Crippen molar-refractivity contribution in [1.29, 1.82) is 0 Å². The second kappa shape index (κ2) is 8.36. The molecule has 1 saturated heterocycles. The number of benzene rings is 2. The molecule has 6 nitrogen and oxygen atoms in total. The number of imide groups is 1. The summed E-state index contributed by atoms with van der Waals surface area (Å²) in [6.45, 7) is 3.50. The van der Waals surface area contributed by atoms with Crippen LogP contribution in [0.4, 0.5) is 10.5 Å². The fourth-order valence-corrected chi connectivity index (χ4v) is 4.17. The van der Waals surface area contributed by atoms with Gasteiger partial charge in [-0.1, -0.05) is 12.1 Å². The van der Waals surface area contributed by atoms with Gasteiger partial charge in [0.15, 0.2) is 0 Å². The van der Waals surface area contributed by atoms with Gasteiger partial charge in [-0.15, -0.1) is 0 Å². The maximum Gasteiger partial charge on any atom is 0.294 e. The molecule has 28 heavy (non-hydrogen) atoms. The molecule has 1 aliphatic rings. The van der Waals surface area contributed by atoms with Crippen LogP contribution in [0.3, 0.4) is 0 Å². The number of halogens is 1. The summed E-state index contributed by atoms with van der Waals surface area (Å²) in [4.78, 5) is 38.2. The summed E-state index contributed by atoms with van der Waals surface area (Å²) in [6.07, 6.45) is 1.58. The number of thioether (sulfide) groups is 1. The van der Waals surface area contributed by atoms with Gasteiger partial charge in [-0.3, -0.25) is 19.3 Å². The van der Waals surface area contributed by atoms with Crippen molar-refractivity contribution < 1.29 is 19.5 Å². The van der Waals surface area contributed by atoms with E-state index in [2.05, 4.69) is 5.32 Å². The van der Waals surface area contributed by atoms with Crippen molar-refractivity contribution in [2.45, 2.75) is 13.8 Å². The van der Waals surface area contributed by atoms with Gasteiger partial charge in [0.1, 0.15) is 12.3 Å². The zero-order valence-electron chi connectivity index (χ0n) is 15.2. The molecule has 2 aromatic carbocycles. The fourth-order valence-electron chi connectivity index (χ4n) is 2.79. The molecule has 2 N–H and O–H groups in total. The largest absolute Gasteiger partial charge is 0.507 e. The zero-order valence-corrected chi connectivity index (χ0v) is 18.1. The van der Waals surface area contributed by atoms with Crippen LogP contribution in [0.2, 0.25) is 0 Å². The van der Waals surface area contributed by atoms with Crippen LogP contribution >= 0.6 is 34.4 Å². The Labute approximate surface area is 180 Å². The average molecular weight is 508 g/mol. The third-order valence-corrected chi connectivity index (χ3v) is 5.72. The highest BCUT2D eigenvalue weighted by atomic mass is 127. The second-order valence-electron chi connectivity index (χ2n) is 6.40. The van der Waals surface area contributed by atoms with E-state index in [0.717, 1.165) is 27.8 Å². The maximum absolute atomic E-state index is 12.6. The van der Waals surface area contributed by atoms with Crippen LogP contribution in [0.25, 0.3) is 6.08 Å². The first kappa shape index (κ1) is 20.4. The Morgan fingerprint density at radius 2 is 1.86 bits per heavy atom. The number of hydrogen-bond acceptors (Lipinski definition) is 5. The number of aromatic hydroxyl groups is 1. The van der Waals surface area contributed by atoms with Gasteiger partial charge in [0.25, 0.3) is 11.1 Å². The molecule has 1 fully saturated rings. The summed E-state index contributed by atoms with van der Waals surface area (Å²) in [7, 11) is 0. The summed E-state index contributed by atoms with van der Waals surface area (Å²) in [5.41, 5.74) is 3.33. The molecule has 2 aromatic rings. The van der Waals surface area contributed by atoms with Gasteiger partial charge in [0.05, 0.1) is 8.48 Å². The number of carbonyl (C=O) groups is 3. The van der Waals surface area contributed by atoms with Crippen LogP contribution < -0.4 is 5.32 Å². The Kier molecular flexibility index (Phi) is 6.09. The highest BCUT2D eigenvalue weighted by Crippen LogP contribution is 2.33. The molecule has 1 aliphatic heterocycles. The molecule has 0 atom stereocenters. The van der Waals surface area contributed by atoms with Crippen LogP contribution in [-0.4, -0.2) is 33.6 Å². The van der Waals surface area contributed by atoms with E-state index in [-0.39, 0.29) is 17.2 Å². The SMILES string of the molecule is Cc1cc(C)cc(NC(=O)CN2C(=O)S/C(=C\c3ccc(O)c(I)c3)C2=O)c1. The third kappa shape index (κ3) is 4.74. The lowest BCUT2D eigenvalue weighted by Gasteiger charge is -2.13. The van der Waals surface area contributed by atoms with E-state index in [0.29, 0.717) is 14.8 Å². The molecule has 0 saturated carbocycles. The normalized spacial score (nSPS) is 15.4. The molecule has 3 rings (SSSR count). The number of phenolic OH excluding ortho intramolecular Hbond substituents is 1. The lowest BCUT2D eigenvalue weighted by molar-refractivity contribution is -0.127. The fraction of sp³-hybridized carbons (Fsp3) is 0.150. The molecule has 0 bridgehead atoms. The molecular formula is C20H17IN2O4S. The molecule has 1 heterocycles. The Morgan fingerprint density at radius 1 is 1.18 bits per heavy atom.